The monoisotopic (exact) mass is 499 g/mol. The number of benzene rings is 2. The minimum atomic E-state index is -0.413. The summed E-state index contributed by atoms with van der Waals surface area (Å²) in [5, 5.41) is 4.91. The minimum absolute atomic E-state index is 0.195. The maximum Gasteiger partial charge on any atom is 0.307 e. The third kappa shape index (κ3) is 3.68. The summed E-state index contributed by atoms with van der Waals surface area (Å²) in [7, 11) is 0. The molecule has 4 aromatic rings. The number of fused-ring (bicyclic) bond motifs is 1. The average Bonchev–Trinajstić information content (AvgIpc) is 3.29. The second-order valence-electron chi connectivity index (χ2n) is 6.21. The van der Waals surface area contributed by atoms with Gasteiger partial charge in [0.2, 0.25) is 0 Å². The normalized spacial score (nSPS) is 11.4. The Labute approximate surface area is 178 Å². The first-order valence-electron chi connectivity index (χ1n) is 8.48. The lowest BCUT2D eigenvalue weighted by Crippen LogP contribution is -2.17. The van der Waals surface area contributed by atoms with Crippen LogP contribution >= 0.6 is 31.9 Å². The van der Waals surface area contributed by atoms with Crippen molar-refractivity contribution >= 4 is 55.0 Å². The van der Waals surface area contributed by atoms with Gasteiger partial charge in [-0.15, -0.1) is 0 Å². The predicted molar refractivity (Wildman–Crippen MR) is 117 cm³/mol. The number of rotatable bonds is 4. The van der Waals surface area contributed by atoms with E-state index in [1.807, 2.05) is 53.2 Å². The van der Waals surface area contributed by atoms with Gasteiger partial charge in [0.15, 0.2) is 5.76 Å². The summed E-state index contributed by atoms with van der Waals surface area (Å²) in [5.74, 6) is -0.218. The number of furan rings is 1. The number of carbonyl (C=O) groups is 1. The zero-order valence-electron chi connectivity index (χ0n) is 14.8. The number of aryl methyl sites for hydroxylation is 1. The maximum absolute atomic E-state index is 12.4. The largest absolute Gasteiger partial charge is 0.450 e. The van der Waals surface area contributed by atoms with Crippen LogP contribution in [0.1, 0.15) is 21.8 Å². The first-order chi connectivity index (χ1) is 13.5. The maximum atomic E-state index is 12.4. The van der Waals surface area contributed by atoms with Gasteiger partial charge in [0.05, 0.1) is 16.4 Å². The Kier molecular flexibility index (Phi) is 5.19. The van der Waals surface area contributed by atoms with Crippen molar-refractivity contribution in [2.24, 2.45) is 5.10 Å². The van der Waals surface area contributed by atoms with Crippen molar-refractivity contribution in [1.82, 2.24) is 9.99 Å². The molecule has 0 unspecified atom stereocenters. The first kappa shape index (κ1) is 18.7. The van der Waals surface area contributed by atoms with Crippen molar-refractivity contribution in [1.29, 1.82) is 0 Å². The molecule has 0 atom stereocenters. The highest BCUT2D eigenvalue weighted by Crippen LogP contribution is 2.30. The standard InChI is InChI=1S/C21H15Br2N3O2/c1-13-5-2-3-7-18(13)26-8-4-6-16(26)12-24-25-21(27)19-10-14-9-15(22)11-17(23)20(14)28-19/h2-12H,1H3,(H,25,27)/b24-12-. The predicted octanol–water partition coefficient (Wildman–Crippen LogP) is 5.82. The number of para-hydroxylation sites is 1. The molecule has 4 rings (SSSR count). The van der Waals surface area contributed by atoms with Crippen LogP contribution in [0.25, 0.3) is 16.7 Å². The Balaban J connectivity index is 1.53. The molecule has 7 heteroatoms. The van der Waals surface area contributed by atoms with Crippen LogP contribution in [0.3, 0.4) is 0 Å². The molecule has 140 valence electrons. The fourth-order valence-electron chi connectivity index (χ4n) is 2.95. The van der Waals surface area contributed by atoms with E-state index in [0.717, 1.165) is 31.3 Å². The van der Waals surface area contributed by atoms with Crippen molar-refractivity contribution in [3.8, 4) is 5.69 Å². The van der Waals surface area contributed by atoms with E-state index < -0.39 is 5.91 Å². The lowest BCUT2D eigenvalue weighted by Gasteiger charge is -2.09. The van der Waals surface area contributed by atoms with E-state index in [1.165, 1.54) is 0 Å². The van der Waals surface area contributed by atoms with Crippen molar-refractivity contribution in [2.45, 2.75) is 6.92 Å². The SMILES string of the molecule is Cc1ccccc1-n1cccc1/C=N\NC(=O)c1cc2cc(Br)cc(Br)c2o1. The van der Waals surface area contributed by atoms with E-state index in [0.29, 0.717) is 5.58 Å². The Morgan fingerprint density at radius 3 is 2.79 bits per heavy atom. The average molecular weight is 501 g/mol. The molecule has 0 aliphatic heterocycles. The highest BCUT2D eigenvalue weighted by atomic mass is 79.9. The number of nitrogens with zero attached hydrogens (tertiary/aromatic N) is 2. The lowest BCUT2D eigenvalue weighted by molar-refractivity contribution is 0.0929. The van der Waals surface area contributed by atoms with Gasteiger partial charge >= 0.3 is 5.91 Å². The van der Waals surface area contributed by atoms with Crippen LogP contribution in [0.4, 0.5) is 0 Å². The zero-order chi connectivity index (χ0) is 19.7. The molecule has 1 N–H and O–H groups in total. The lowest BCUT2D eigenvalue weighted by atomic mass is 10.2. The molecule has 2 aromatic carbocycles. The summed E-state index contributed by atoms with van der Waals surface area (Å²) in [6.45, 7) is 2.05. The molecule has 0 saturated carbocycles. The number of halogens is 2. The van der Waals surface area contributed by atoms with Crippen molar-refractivity contribution in [3.05, 3.63) is 86.8 Å². The van der Waals surface area contributed by atoms with Gasteiger partial charge in [0, 0.05) is 21.7 Å². The van der Waals surface area contributed by atoms with Gasteiger partial charge in [-0.2, -0.15) is 5.10 Å². The van der Waals surface area contributed by atoms with Crippen molar-refractivity contribution in [2.75, 3.05) is 0 Å². The van der Waals surface area contributed by atoms with Gasteiger partial charge in [0.25, 0.3) is 0 Å². The van der Waals surface area contributed by atoms with Crippen LogP contribution in [-0.4, -0.2) is 16.7 Å². The van der Waals surface area contributed by atoms with Crippen LogP contribution in [-0.2, 0) is 0 Å². The molecule has 0 saturated heterocycles. The molecule has 0 radical (unpaired) electrons. The van der Waals surface area contributed by atoms with Crippen LogP contribution in [0.5, 0.6) is 0 Å². The molecule has 0 fully saturated rings. The van der Waals surface area contributed by atoms with Gasteiger partial charge in [-0.3, -0.25) is 4.79 Å². The quantitative estimate of drug-likeness (QED) is 0.283. The molecule has 0 bridgehead atoms. The zero-order valence-corrected chi connectivity index (χ0v) is 18.0. The van der Waals surface area contributed by atoms with Gasteiger partial charge in [-0.05, 0) is 64.8 Å². The number of hydrazone groups is 1. The topological polar surface area (TPSA) is 59.5 Å². The molecular weight excluding hydrogens is 486 g/mol. The molecule has 28 heavy (non-hydrogen) atoms. The van der Waals surface area contributed by atoms with Crippen LogP contribution in [0.2, 0.25) is 0 Å². The molecule has 1 amide bonds. The summed E-state index contributed by atoms with van der Waals surface area (Å²) in [4.78, 5) is 12.4. The van der Waals surface area contributed by atoms with Gasteiger partial charge in [-0.1, -0.05) is 34.1 Å². The highest BCUT2D eigenvalue weighted by Gasteiger charge is 2.14. The van der Waals surface area contributed by atoms with Crippen LogP contribution < -0.4 is 5.43 Å². The Morgan fingerprint density at radius 2 is 1.96 bits per heavy atom. The Morgan fingerprint density at radius 1 is 1.14 bits per heavy atom. The third-order valence-corrected chi connectivity index (χ3v) is 5.32. The Hall–Kier alpha value is -2.64. The molecular formula is C21H15Br2N3O2. The third-order valence-electron chi connectivity index (χ3n) is 4.28. The van der Waals surface area contributed by atoms with E-state index in [9.17, 15) is 4.79 Å². The molecule has 5 nitrogen and oxygen atoms in total. The second kappa shape index (κ2) is 7.77. The molecule has 0 spiro atoms. The van der Waals surface area contributed by atoms with Crippen LogP contribution in [0, 0.1) is 6.92 Å². The second-order valence-corrected chi connectivity index (χ2v) is 7.98. The molecule has 2 aromatic heterocycles. The number of carbonyl (C=O) groups excluding carboxylic acids is 1. The minimum Gasteiger partial charge on any atom is -0.450 e. The van der Waals surface area contributed by atoms with Crippen molar-refractivity contribution < 1.29 is 9.21 Å². The van der Waals surface area contributed by atoms with E-state index >= 15 is 0 Å². The van der Waals surface area contributed by atoms with E-state index in [1.54, 1.807) is 12.3 Å². The number of hydrogen-bond acceptors (Lipinski definition) is 3. The van der Waals surface area contributed by atoms with Gasteiger partial charge in [-0.25, -0.2) is 5.43 Å². The van der Waals surface area contributed by atoms with E-state index in [2.05, 4.69) is 55.4 Å². The summed E-state index contributed by atoms with van der Waals surface area (Å²) in [6.07, 6.45) is 3.57. The number of hydrogen-bond donors (Lipinski definition) is 1. The molecule has 2 heterocycles. The summed E-state index contributed by atoms with van der Waals surface area (Å²) in [5.41, 5.74) is 6.20. The highest BCUT2D eigenvalue weighted by molar-refractivity contribution is 9.11. The molecule has 0 aliphatic carbocycles. The first-order valence-corrected chi connectivity index (χ1v) is 10.1. The van der Waals surface area contributed by atoms with Crippen LogP contribution in [0.15, 0.2) is 79.3 Å². The summed E-state index contributed by atoms with van der Waals surface area (Å²) in [6, 6.07) is 17.4. The van der Waals surface area contributed by atoms with E-state index in [-0.39, 0.29) is 5.76 Å². The fourth-order valence-corrected chi connectivity index (χ4v) is 4.29. The summed E-state index contributed by atoms with van der Waals surface area (Å²) < 4.78 is 9.34. The fraction of sp³-hybridized carbons (Fsp3) is 0.0476. The summed E-state index contributed by atoms with van der Waals surface area (Å²) >= 11 is 6.86. The number of amides is 1. The van der Waals surface area contributed by atoms with Gasteiger partial charge < -0.3 is 8.98 Å². The van der Waals surface area contributed by atoms with E-state index in [4.69, 9.17) is 4.42 Å². The number of nitrogens with one attached hydrogen (secondary N) is 1. The van der Waals surface area contributed by atoms with Crippen molar-refractivity contribution in [3.63, 3.8) is 0 Å². The Bertz CT molecular complexity index is 1210. The smallest absolute Gasteiger partial charge is 0.307 e. The number of aromatic nitrogens is 1. The van der Waals surface area contributed by atoms with Gasteiger partial charge in [0.1, 0.15) is 5.58 Å². The molecule has 0 aliphatic rings.